The van der Waals surface area contributed by atoms with Gasteiger partial charge in [-0.15, -0.1) is 8.78 Å². The quantitative estimate of drug-likeness (QED) is 0.420. The first-order chi connectivity index (χ1) is 16.9. The summed E-state index contributed by atoms with van der Waals surface area (Å²) < 4.78 is 76.5. The van der Waals surface area contributed by atoms with Gasteiger partial charge in [0.1, 0.15) is 5.78 Å². The number of carbonyl (C=O) groups excluding carboxylic acids is 1. The molecular weight excluding hydrogens is 489 g/mol. The summed E-state index contributed by atoms with van der Waals surface area (Å²) in [7, 11) is 0. The highest BCUT2D eigenvalue weighted by Gasteiger charge is 2.52. The fourth-order valence-corrected chi connectivity index (χ4v) is 4.25. The second kappa shape index (κ2) is 8.00. The molecule has 3 aromatic rings. The predicted molar refractivity (Wildman–Crippen MR) is 116 cm³/mol. The number of hydrogen-bond acceptors (Lipinski definition) is 5. The van der Waals surface area contributed by atoms with Crippen molar-refractivity contribution in [1.82, 2.24) is 4.98 Å². The van der Waals surface area contributed by atoms with E-state index in [-0.39, 0.29) is 42.0 Å². The molecule has 188 valence electrons. The third-order valence-electron chi connectivity index (χ3n) is 6.24. The Morgan fingerprint density at radius 1 is 0.972 bits per heavy atom. The van der Waals surface area contributed by atoms with E-state index >= 15 is 0 Å². The summed E-state index contributed by atoms with van der Waals surface area (Å²) >= 11 is 0. The molecule has 2 aromatic carbocycles. The lowest BCUT2D eigenvalue weighted by molar-refractivity contribution is -0.286. The van der Waals surface area contributed by atoms with Gasteiger partial charge in [0.2, 0.25) is 0 Å². The molecule has 1 aliphatic carbocycles. The second-order valence-electron chi connectivity index (χ2n) is 8.59. The molecule has 1 fully saturated rings. The molecule has 1 aromatic heterocycles. The highest BCUT2D eigenvalue weighted by molar-refractivity contribution is 5.94. The van der Waals surface area contributed by atoms with Crippen LogP contribution in [0.3, 0.4) is 0 Å². The third kappa shape index (κ3) is 4.25. The van der Waals surface area contributed by atoms with Gasteiger partial charge in [-0.3, -0.25) is 9.78 Å². The summed E-state index contributed by atoms with van der Waals surface area (Å²) in [4.78, 5) is 28.4. The number of hydrogen-bond donors (Lipinski definition) is 1. The Hall–Kier alpha value is -4.02. The van der Waals surface area contributed by atoms with Gasteiger partial charge in [-0.25, -0.2) is 4.79 Å². The molecule has 0 bridgehead atoms. The maximum Gasteiger partial charge on any atom is 0.586 e. The molecule has 0 radical (unpaired) electrons. The van der Waals surface area contributed by atoms with Crippen molar-refractivity contribution in [3.8, 4) is 22.8 Å². The number of nitrogens with zero attached hydrogens (tertiary/aromatic N) is 1. The summed E-state index contributed by atoms with van der Waals surface area (Å²) in [5, 5.41) is 9.04. The van der Waals surface area contributed by atoms with Crippen LogP contribution in [-0.2, 0) is 22.8 Å². The van der Waals surface area contributed by atoms with Gasteiger partial charge in [-0.1, -0.05) is 18.2 Å². The van der Waals surface area contributed by atoms with Gasteiger partial charge in [-0.2, -0.15) is 13.2 Å². The van der Waals surface area contributed by atoms with Crippen LogP contribution in [-0.4, -0.2) is 28.1 Å². The van der Waals surface area contributed by atoms with Crippen LogP contribution < -0.4 is 9.47 Å². The molecule has 2 aliphatic rings. The van der Waals surface area contributed by atoms with Crippen molar-refractivity contribution < 1.29 is 47.5 Å². The van der Waals surface area contributed by atoms with Gasteiger partial charge >= 0.3 is 18.4 Å². The van der Waals surface area contributed by atoms with Crippen LogP contribution in [0.5, 0.6) is 11.5 Å². The van der Waals surface area contributed by atoms with Crippen LogP contribution in [0.2, 0.25) is 0 Å². The van der Waals surface area contributed by atoms with E-state index in [1.54, 1.807) is 0 Å². The number of aromatic nitrogens is 1. The van der Waals surface area contributed by atoms with Crippen LogP contribution in [0.15, 0.2) is 54.6 Å². The summed E-state index contributed by atoms with van der Waals surface area (Å²) in [5.74, 6) is -1.91. The van der Waals surface area contributed by atoms with E-state index in [0.29, 0.717) is 18.4 Å². The third-order valence-corrected chi connectivity index (χ3v) is 6.24. The largest absolute Gasteiger partial charge is 0.586 e. The average molecular weight is 507 g/mol. The lowest BCUT2D eigenvalue weighted by atomic mass is 9.88. The minimum atomic E-state index is -4.73. The number of rotatable bonds is 6. The zero-order chi connectivity index (χ0) is 25.9. The van der Waals surface area contributed by atoms with Gasteiger partial charge in [0.05, 0.1) is 22.2 Å². The van der Waals surface area contributed by atoms with Crippen molar-refractivity contribution in [2.75, 3.05) is 0 Å². The number of benzene rings is 2. The molecule has 1 saturated carbocycles. The molecule has 0 unspecified atom stereocenters. The van der Waals surface area contributed by atoms with Crippen molar-refractivity contribution in [2.45, 2.75) is 37.1 Å². The summed E-state index contributed by atoms with van der Waals surface area (Å²) in [6, 6.07) is 10.8. The van der Waals surface area contributed by atoms with Crippen molar-refractivity contribution >= 4 is 11.8 Å². The number of aromatic carboxylic acids is 1. The Labute approximate surface area is 201 Å². The van der Waals surface area contributed by atoms with E-state index in [2.05, 4.69) is 14.5 Å². The number of carboxylic acids is 1. The lowest BCUT2D eigenvalue weighted by Gasteiger charge is -2.17. The van der Waals surface area contributed by atoms with E-state index in [1.165, 1.54) is 42.5 Å². The molecule has 1 N–H and O–H groups in total. The summed E-state index contributed by atoms with van der Waals surface area (Å²) in [6.45, 7) is 0. The number of ether oxygens (including phenoxy) is 2. The van der Waals surface area contributed by atoms with Gasteiger partial charge in [-0.05, 0) is 54.8 Å². The van der Waals surface area contributed by atoms with E-state index in [0.717, 1.165) is 12.1 Å². The molecular formula is C25H18F5NO5. The first-order valence-corrected chi connectivity index (χ1v) is 10.7. The Morgan fingerprint density at radius 3 is 2.25 bits per heavy atom. The number of fused-ring (bicyclic) bond motifs is 1. The van der Waals surface area contributed by atoms with Crippen molar-refractivity contribution in [2.24, 2.45) is 0 Å². The highest BCUT2D eigenvalue weighted by Crippen LogP contribution is 2.52. The lowest BCUT2D eigenvalue weighted by Crippen LogP contribution is -2.26. The number of carbonyl (C=O) groups is 2. The van der Waals surface area contributed by atoms with Crippen molar-refractivity contribution in [3.63, 3.8) is 0 Å². The zero-order valence-electron chi connectivity index (χ0n) is 18.2. The Bertz CT molecular complexity index is 1390. The maximum atomic E-state index is 13.6. The fraction of sp³-hybridized carbons (Fsp3) is 0.240. The Balaban J connectivity index is 0.00000320. The van der Waals surface area contributed by atoms with Gasteiger partial charge in [0, 0.05) is 19.1 Å². The normalized spacial score (nSPS) is 17.0. The number of ketones is 1. The van der Waals surface area contributed by atoms with Gasteiger partial charge in [0.25, 0.3) is 0 Å². The number of pyridine rings is 1. The minimum absolute atomic E-state index is 0. The number of halogens is 5. The molecule has 11 heteroatoms. The predicted octanol–water partition coefficient (Wildman–Crippen LogP) is 5.88. The van der Waals surface area contributed by atoms with E-state index in [9.17, 15) is 31.5 Å². The van der Waals surface area contributed by atoms with Crippen LogP contribution in [0.1, 0.15) is 41.4 Å². The molecule has 1 aliphatic heterocycles. The molecule has 6 nitrogen and oxygen atoms in total. The molecule has 0 amide bonds. The smallest absolute Gasteiger partial charge is 0.478 e. The molecule has 0 spiro atoms. The Morgan fingerprint density at radius 2 is 1.64 bits per heavy atom. The average Bonchev–Trinajstić information content (AvgIpc) is 3.55. The van der Waals surface area contributed by atoms with Crippen molar-refractivity contribution in [1.29, 1.82) is 0 Å². The fourth-order valence-electron chi connectivity index (χ4n) is 4.25. The highest BCUT2D eigenvalue weighted by atomic mass is 19.4. The SMILES string of the molecule is O=C(O)c1ccc(-c2nc(CC(=O)C3(c4ccc5c(c4)OC(F)(F)O5)CC3)ccc2C(F)(F)F)cc1.[HH]. The molecule has 36 heavy (non-hydrogen) atoms. The van der Waals surface area contributed by atoms with E-state index < -0.39 is 35.1 Å². The van der Waals surface area contributed by atoms with E-state index in [1.807, 2.05) is 0 Å². The standard InChI is InChI=1S/C25H16F5NO5.H2/c26-24(27,28)17-7-6-16(31-21(17)13-1-3-14(4-2-13)22(33)34)12-20(32)23(9-10-23)15-5-8-18-19(11-15)36-25(29,30)35-18;/h1-8,11H,9-10,12H2,(H,33,34);1H. The zero-order valence-corrected chi connectivity index (χ0v) is 18.2. The first-order valence-electron chi connectivity index (χ1n) is 10.7. The molecule has 0 saturated heterocycles. The van der Waals surface area contributed by atoms with Crippen LogP contribution in [0.25, 0.3) is 11.3 Å². The molecule has 5 rings (SSSR count). The molecule has 0 atom stereocenters. The van der Waals surface area contributed by atoms with Crippen LogP contribution in [0.4, 0.5) is 22.0 Å². The van der Waals surface area contributed by atoms with E-state index in [4.69, 9.17) is 5.11 Å². The van der Waals surface area contributed by atoms with Gasteiger partial charge < -0.3 is 14.6 Å². The minimum Gasteiger partial charge on any atom is -0.478 e. The summed E-state index contributed by atoms with van der Waals surface area (Å²) in [6.07, 6.45) is -7.95. The molecule has 2 heterocycles. The topological polar surface area (TPSA) is 85.7 Å². The van der Waals surface area contributed by atoms with Crippen LogP contribution >= 0.6 is 0 Å². The Kier molecular flexibility index (Phi) is 5.27. The summed E-state index contributed by atoms with van der Waals surface area (Å²) in [5.41, 5.74) is -1.97. The first kappa shape index (κ1) is 23.7. The number of carboxylic acid groups (broad SMARTS) is 1. The van der Waals surface area contributed by atoms with Crippen LogP contribution in [0, 0.1) is 0 Å². The maximum absolute atomic E-state index is 13.6. The number of Topliss-reactive ketones (excluding diaryl/α,β-unsaturated/α-hetero) is 1. The monoisotopic (exact) mass is 507 g/mol. The second-order valence-corrected chi connectivity index (χ2v) is 8.59. The van der Waals surface area contributed by atoms with Crippen molar-refractivity contribution in [3.05, 3.63) is 77.0 Å². The number of alkyl halides is 5. The van der Waals surface area contributed by atoms with Gasteiger partial charge in [0.15, 0.2) is 11.5 Å².